The average molecular weight is 225 g/mol. The zero-order valence-electron chi connectivity index (χ0n) is 8.34. The Morgan fingerprint density at radius 2 is 2.13 bits per heavy atom. The molecule has 88 valence electrons. The highest BCUT2D eigenvalue weighted by Crippen LogP contribution is 2.37. The van der Waals surface area contributed by atoms with Crippen molar-refractivity contribution < 1.29 is 17.9 Å². The minimum absolute atomic E-state index is 0.0357. The van der Waals surface area contributed by atoms with Gasteiger partial charge < -0.3 is 15.4 Å². The minimum Gasteiger partial charge on any atom is -0.384 e. The summed E-state index contributed by atoms with van der Waals surface area (Å²) in [6.07, 6.45) is -4.26. The van der Waals surface area contributed by atoms with E-state index in [4.69, 9.17) is 15.9 Å². The van der Waals surface area contributed by atoms with Crippen molar-refractivity contribution in [3.63, 3.8) is 0 Å². The smallest absolute Gasteiger partial charge is 0.384 e. The standard InChI is InChI=1S/C8H14F3N3O/c1-15-4-5-2-14(7(12)13)3-6(5)8(9,10)11/h5-6H,2-4H2,1H3,(H3,12,13)/t5-,6-/m1/s1. The van der Waals surface area contributed by atoms with Gasteiger partial charge in [-0.3, -0.25) is 5.41 Å². The number of nitrogens with two attached hydrogens (primary N) is 1. The van der Waals surface area contributed by atoms with Crippen LogP contribution in [0, 0.1) is 17.2 Å². The van der Waals surface area contributed by atoms with Gasteiger partial charge in [0.25, 0.3) is 0 Å². The quantitative estimate of drug-likeness (QED) is 0.535. The van der Waals surface area contributed by atoms with Gasteiger partial charge in [0.05, 0.1) is 12.5 Å². The van der Waals surface area contributed by atoms with Crippen LogP contribution in [0.5, 0.6) is 0 Å². The molecular formula is C8H14F3N3O. The Balaban J connectivity index is 2.72. The zero-order chi connectivity index (χ0) is 11.6. The maximum absolute atomic E-state index is 12.6. The molecule has 1 aliphatic rings. The fraction of sp³-hybridized carbons (Fsp3) is 0.875. The molecule has 0 aromatic carbocycles. The molecule has 1 heterocycles. The van der Waals surface area contributed by atoms with Crippen LogP contribution in [-0.4, -0.2) is 43.8 Å². The van der Waals surface area contributed by atoms with E-state index in [2.05, 4.69) is 0 Å². The van der Waals surface area contributed by atoms with Gasteiger partial charge in [0.15, 0.2) is 5.96 Å². The van der Waals surface area contributed by atoms with Crippen LogP contribution in [0.4, 0.5) is 13.2 Å². The first kappa shape index (κ1) is 12.1. The van der Waals surface area contributed by atoms with Crippen LogP contribution in [0.15, 0.2) is 0 Å². The molecule has 1 rings (SSSR count). The van der Waals surface area contributed by atoms with E-state index in [1.165, 1.54) is 12.0 Å². The van der Waals surface area contributed by atoms with Crippen LogP contribution in [-0.2, 0) is 4.74 Å². The first-order chi connectivity index (χ1) is 6.86. The number of likely N-dealkylation sites (tertiary alicyclic amines) is 1. The third-order valence-electron chi connectivity index (χ3n) is 2.58. The lowest BCUT2D eigenvalue weighted by atomic mass is 9.96. The topological polar surface area (TPSA) is 62.3 Å². The summed E-state index contributed by atoms with van der Waals surface area (Å²) >= 11 is 0. The highest BCUT2D eigenvalue weighted by Gasteiger charge is 2.49. The van der Waals surface area contributed by atoms with E-state index in [-0.39, 0.29) is 25.7 Å². The van der Waals surface area contributed by atoms with Crippen LogP contribution < -0.4 is 5.73 Å². The van der Waals surface area contributed by atoms with Crippen LogP contribution in [0.1, 0.15) is 0 Å². The number of nitrogens with one attached hydrogen (secondary N) is 1. The van der Waals surface area contributed by atoms with Gasteiger partial charge in [0, 0.05) is 26.1 Å². The average Bonchev–Trinajstić information content (AvgIpc) is 2.48. The second kappa shape index (κ2) is 4.26. The summed E-state index contributed by atoms with van der Waals surface area (Å²) in [5.74, 6) is -2.41. The monoisotopic (exact) mass is 225 g/mol. The van der Waals surface area contributed by atoms with Crippen LogP contribution in [0.25, 0.3) is 0 Å². The van der Waals surface area contributed by atoms with Crippen LogP contribution in [0.3, 0.4) is 0 Å². The maximum Gasteiger partial charge on any atom is 0.393 e. The lowest BCUT2D eigenvalue weighted by Gasteiger charge is -2.19. The Hall–Kier alpha value is -0.980. The van der Waals surface area contributed by atoms with Gasteiger partial charge in [0.1, 0.15) is 0 Å². The minimum atomic E-state index is -4.26. The number of alkyl halides is 3. The SMILES string of the molecule is COC[C@H]1CN(C(=N)N)C[C@H]1C(F)(F)F. The van der Waals surface area contributed by atoms with Crippen molar-refractivity contribution in [1.82, 2.24) is 4.90 Å². The summed E-state index contributed by atoms with van der Waals surface area (Å²) in [6, 6.07) is 0. The summed E-state index contributed by atoms with van der Waals surface area (Å²) < 4.78 is 42.5. The zero-order valence-corrected chi connectivity index (χ0v) is 8.34. The molecule has 0 radical (unpaired) electrons. The molecule has 0 bridgehead atoms. The Bertz CT molecular complexity index is 244. The van der Waals surface area contributed by atoms with E-state index >= 15 is 0 Å². The number of rotatable bonds is 2. The van der Waals surface area contributed by atoms with Gasteiger partial charge in [0.2, 0.25) is 0 Å². The van der Waals surface area contributed by atoms with Gasteiger partial charge in [-0.1, -0.05) is 0 Å². The molecule has 0 aromatic heterocycles. The molecule has 0 aromatic rings. The lowest BCUT2D eigenvalue weighted by molar-refractivity contribution is -0.183. The summed E-state index contributed by atoms with van der Waals surface area (Å²) in [5, 5.41) is 7.10. The third kappa shape index (κ3) is 2.74. The fourth-order valence-corrected chi connectivity index (χ4v) is 1.82. The first-order valence-electron chi connectivity index (χ1n) is 4.51. The van der Waals surface area contributed by atoms with Crippen LogP contribution >= 0.6 is 0 Å². The van der Waals surface area contributed by atoms with Crippen molar-refractivity contribution >= 4 is 5.96 Å². The summed E-state index contributed by atoms with van der Waals surface area (Å²) in [6.45, 7) is -0.0752. The maximum atomic E-state index is 12.6. The first-order valence-corrected chi connectivity index (χ1v) is 4.51. The molecule has 4 nitrogen and oxygen atoms in total. The molecule has 0 saturated carbocycles. The molecule has 2 atom stereocenters. The largest absolute Gasteiger partial charge is 0.393 e. The molecule has 0 amide bonds. The van der Waals surface area contributed by atoms with Gasteiger partial charge in [-0.25, -0.2) is 0 Å². The van der Waals surface area contributed by atoms with Crippen molar-refractivity contribution in [2.24, 2.45) is 17.6 Å². The highest BCUT2D eigenvalue weighted by atomic mass is 19.4. The summed E-state index contributed by atoms with van der Waals surface area (Å²) in [7, 11) is 1.36. The Morgan fingerprint density at radius 3 is 2.53 bits per heavy atom. The van der Waals surface area contributed by atoms with E-state index in [0.717, 1.165) is 0 Å². The molecular weight excluding hydrogens is 211 g/mol. The summed E-state index contributed by atoms with van der Waals surface area (Å²) in [5.41, 5.74) is 5.16. The predicted octanol–water partition coefficient (Wildman–Crippen LogP) is 0.637. The summed E-state index contributed by atoms with van der Waals surface area (Å²) in [4.78, 5) is 1.22. The number of nitrogens with zero attached hydrogens (tertiary/aromatic N) is 1. The van der Waals surface area contributed by atoms with Gasteiger partial charge in [-0.05, 0) is 0 Å². The van der Waals surface area contributed by atoms with E-state index in [1.54, 1.807) is 0 Å². The predicted molar refractivity (Wildman–Crippen MR) is 48.4 cm³/mol. The molecule has 0 aliphatic carbocycles. The fourth-order valence-electron chi connectivity index (χ4n) is 1.82. The Labute approximate surface area is 85.7 Å². The number of guanidine groups is 1. The Morgan fingerprint density at radius 1 is 1.53 bits per heavy atom. The van der Waals surface area contributed by atoms with Crippen molar-refractivity contribution in [2.45, 2.75) is 6.18 Å². The van der Waals surface area contributed by atoms with Crippen LogP contribution in [0.2, 0.25) is 0 Å². The number of hydrogen-bond acceptors (Lipinski definition) is 2. The van der Waals surface area contributed by atoms with Gasteiger partial charge in [-0.15, -0.1) is 0 Å². The van der Waals surface area contributed by atoms with Gasteiger partial charge >= 0.3 is 6.18 Å². The molecule has 0 unspecified atom stereocenters. The second-order valence-corrected chi connectivity index (χ2v) is 3.65. The van der Waals surface area contributed by atoms with E-state index < -0.39 is 18.0 Å². The third-order valence-corrected chi connectivity index (χ3v) is 2.58. The lowest BCUT2D eigenvalue weighted by Crippen LogP contribution is -2.36. The number of ether oxygens (including phenoxy) is 1. The molecule has 1 fully saturated rings. The van der Waals surface area contributed by atoms with Crippen molar-refractivity contribution in [2.75, 3.05) is 26.8 Å². The number of hydrogen-bond donors (Lipinski definition) is 2. The van der Waals surface area contributed by atoms with E-state index in [9.17, 15) is 13.2 Å². The molecule has 3 N–H and O–H groups in total. The van der Waals surface area contributed by atoms with Crippen molar-refractivity contribution in [3.8, 4) is 0 Å². The Kier molecular flexibility index (Phi) is 3.43. The molecule has 1 aliphatic heterocycles. The van der Waals surface area contributed by atoms with E-state index in [0.29, 0.717) is 0 Å². The molecule has 0 spiro atoms. The van der Waals surface area contributed by atoms with Gasteiger partial charge in [-0.2, -0.15) is 13.2 Å². The number of halogens is 3. The van der Waals surface area contributed by atoms with Crippen molar-refractivity contribution in [3.05, 3.63) is 0 Å². The van der Waals surface area contributed by atoms with E-state index in [1.807, 2.05) is 0 Å². The highest BCUT2D eigenvalue weighted by molar-refractivity contribution is 5.74. The molecule has 15 heavy (non-hydrogen) atoms. The number of methoxy groups -OCH3 is 1. The molecule has 7 heteroatoms. The van der Waals surface area contributed by atoms with Crippen molar-refractivity contribution in [1.29, 1.82) is 5.41 Å². The normalized spacial score (nSPS) is 27.1. The second-order valence-electron chi connectivity index (χ2n) is 3.65. The molecule has 1 saturated heterocycles.